The van der Waals surface area contributed by atoms with Gasteiger partial charge in [0.15, 0.2) is 0 Å². The Morgan fingerprint density at radius 1 is 1.27 bits per heavy atom. The summed E-state index contributed by atoms with van der Waals surface area (Å²) < 4.78 is 0. The molecule has 3 aliphatic rings. The summed E-state index contributed by atoms with van der Waals surface area (Å²) >= 11 is 0. The van der Waals surface area contributed by atoms with E-state index in [1.54, 1.807) is 5.57 Å². The summed E-state index contributed by atoms with van der Waals surface area (Å²) in [5.41, 5.74) is 2.96. The molecule has 4 atom stereocenters. The van der Waals surface area contributed by atoms with Crippen LogP contribution in [0.15, 0.2) is 11.6 Å². The van der Waals surface area contributed by atoms with E-state index in [0.717, 1.165) is 17.8 Å². The Morgan fingerprint density at radius 2 is 2.00 bits per heavy atom. The summed E-state index contributed by atoms with van der Waals surface area (Å²) in [7, 11) is 0. The number of hydrogen-bond acceptors (Lipinski definition) is 0. The highest BCUT2D eigenvalue weighted by atomic mass is 14.7. The van der Waals surface area contributed by atoms with Crippen molar-refractivity contribution in [2.75, 3.05) is 0 Å². The lowest BCUT2D eigenvalue weighted by atomic mass is 9.68. The smallest absolute Gasteiger partial charge is 0.0146 e. The van der Waals surface area contributed by atoms with Crippen LogP contribution in [0.25, 0.3) is 0 Å². The number of rotatable bonds is 0. The molecule has 0 nitrogen and oxygen atoms in total. The summed E-state index contributed by atoms with van der Waals surface area (Å²) in [5.74, 6) is 2.86. The van der Waals surface area contributed by atoms with Gasteiger partial charge in [-0.1, -0.05) is 32.4 Å². The maximum absolute atomic E-state index is 2.57. The zero-order valence-corrected chi connectivity index (χ0v) is 10.6. The molecule has 0 aromatic heterocycles. The second-order valence-corrected chi connectivity index (χ2v) is 6.99. The van der Waals surface area contributed by atoms with E-state index >= 15 is 0 Å². The predicted octanol–water partition coefficient (Wildman–Crippen LogP) is 4.42. The van der Waals surface area contributed by atoms with E-state index in [0.29, 0.717) is 10.8 Å². The Labute approximate surface area is 94.1 Å². The van der Waals surface area contributed by atoms with Gasteiger partial charge in [-0.3, -0.25) is 0 Å². The Morgan fingerprint density at radius 3 is 2.73 bits per heavy atom. The van der Waals surface area contributed by atoms with E-state index < -0.39 is 0 Å². The van der Waals surface area contributed by atoms with Crippen molar-refractivity contribution >= 4 is 0 Å². The maximum Gasteiger partial charge on any atom is -0.0146 e. The largest absolute Gasteiger partial charge is 0.0847 e. The van der Waals surface area contributed by atoms with Crippen molar-refractivity contribution in [1.29, 1.82) is 0 Å². The molecule has 0 amide bonds. The first-order valence-electron chi connectivity index (χ1n) is 6.65. The van der Waals surface area contributed by atoms with Crippen LogP contribution in [-0.4, -0.2) is 0 Å². The van der Waals surface area contributed by atoms with Crippen LogP contribution in [0.1, 0.15) is 53.4 Å². The highest BCUT2D eigenvalue weighted by Gasteiger charge is 2.62. The highest BCUT2D eigenvalue weighted by molar-refractivity contribution is 5.25. The van der Waals surface area contributed by atoms with E-state index in [1.165, 1.54) is 25.7 Å². The average Bonchev–Trinajstić information content (AvgIpc) is 2.57. The summed E-state index contributed by atoms with van der Waals surface area (Å²) in [6.07, 6.45) is 8.41. The van der Waals surface area contributed by atoms with Gasteiger partial charge in [0.2, 0.25) is 0 Å². The molecule has 3 rings (SSSR count). The van der Waals surface area contributed by atoms with Crippen LogP contribution in [-0.2, 0) is 0 Å². The number of hydrogen-bond donors (Lipinski definition) is 0. The van der Waals surface area contributed by atoms with Gasteiger partial charge >= 0.3 is 0 Å². The molecule has 1 spiro atoms. The number of fused-ring (bicyclic) bond motifs is 1. The topological polar surface area (TPSA) is 0 Å². The lowest BCUT2D eigenvalue weighted by Gasteiger charge is -2.36. The van der Waals surface area contributed by atoms with Gasteiger partial charge < -0.3 is 0 Å². The Hall–Kier alpha value is -0.260. The van der Waals surface area contributed by atoms with Gasteiger partial charge in [0, 0.05) is 0 Å². The third kappa shape index (κ3) is 0.990. The lowest BCUT2D eigenvalue weighted by Crippen LogP contribution is -2.30. The molecular weight excluding hydrogens is 180 g/mol. The van der Waals surface area contributed by atoms with Gasteiger partial charge in [0.05, 0.1) is 0 Å². The minimum absolute atomic E-state index is 0.571. The monoisotopic (exact) mass is 204 g/mol. The number of allylic oxidation sites excluding steroid dienone is 2. The molecule has 3 aliphatic carbocycles. The molecule has 0 radical (unpaired) electrons. The zero-order chi connectivity index (χ0) is 10.8. The van der Waals surface area contributed by atoms with Crippen molar-refractivity contribution in [3.05, 3.63) is 11.6 Å². The summed E-state index contributed by atoms with van der Waals surface area (Å²) in [5, 5.41) is 0. The quantitative estimate of drug-likeness (QED) is 0.513. The van der Waals surface area contributed by atoms with Crippen molar-refractivity contribution in [2.45, 2.75) is 53.4 Å². The predicted molar refractivity (Wildman–Crippen MR) is 64.6 cm³/mol. The standard InChI is InChI=1S/C15H24/c1-10-7-8-15-9-12(10)14(3,4)13(15)6-5-11(15)2/h7,11-13H,5-6,8-9H2,1-4H3/t11-,12-,13?,15+/m1/s1. The first-order chi connectivity index (χ1) is 6.98. The van der Waals surface area contributed by atoms with Gasteiger partial charge in [0.25, 0.3) is 0 Å². The van der Waals surface area contributed by atoms with E-state index in [1.807, 2.05) is 0 Å². The molecule has 0 N–H and O–H groups in total. The third-order valence-corrected chi connectivity index (χ3v) is 6.30. The second kappa shape index (κ2) is 2.70. The first kappa shape index (κ1) is 9.93. The van der Waals surface area contributed by atoms with Gasteiger partial charge in [-0.2, -0.15) is 0 Å². The summed E-state index contributed by atoms with van der Waals surface area (Å²) in [4.78, 5) is 0. The molecule has 0 saturated heterocycles. The molecule has 0 heterocycles. The first-order valence-corrected chi connectivity index (χ1v) is 6.65. The van der Waals surface area contributed by atoms with Crippen LogP contribution in [0.3, 0.4) is 0 Å². The molecule has 2 fully saturated rings. The molecule has 84 valence electrons. The van der Waals surface area contributed by atoms with Crippen LogP contribution >= 0.6 is 0 Å². The Kier molecular flexibility index (Phi) is 1.79. The molecule has 2 saturated carbocycles. The summed E-state index contributed by atoms with van der Waals surface area (Å²) in [6, 6.07) is 0. The molecule has 2 bridgehead atoms. The third-order valence-electron chi connectivity index (χ3n) is 6.30. The van der Waals surface area contributed by atoms with Gasteiger partial charge in [-0.15, -0.1) is 0 Å². The van der Waals surface area contributed by atoms with Crippen molar-refractivity contribution < 1.29 is 0 Å². The zero-order valence-electron chi connectivity index (χ0n) is 10.6. The van der Waals surface area contributed by atoms with E-state index in [9.17, 15) is 0 Å². The van der Waals surface area contributed by atoms with E-state index in [-0.39, 0.29) is 0 Å². The highest BCUT2D eigenvalue weighted by Crippen LogP contribution is 2.71. The van der Waals surface area contributed by atoms with E-state index in [2.05, 4.69) is 33.8 Å². The van der Waals surface area contributed by atoms with Crippen LogP contribution in [0.2, 0.25) is 0 Å². The van der Waals surface area contributed by atoms with Gasteiger partial charge in [-0.25, -0.2) is 0 Å². The second-order valence-electron chi connectivity index (χ2n) is 6.99. The minimum Gasteiger partial charge on any atom is -0.0847 e. The molecule has 0 aromatic carbocycles. The minimum atomic E-state index is 0.571. The van der Waals surface area contributed by atoms with Gasteiger partial charge in [0.1, 0.15) is 0 Å². The van der Waals surface area contributed by atoms with Crippen LogP contribution in [0.5, 0.6) is 0 Å². The van der Waals surface area contributed by atoms with Crippen molar-refractivity contribution in [3.63, 3.8) is 0 Å². The molecule has 0 aromatic rings. The fraction of sp³-hybridized carbons (Fsp3) is 0.867. The molecule has 0 aliphatic heterocycles. The van der Waals surface area contributed by atoms with Crippen LogP contribution in [0.4, 0.5) is 0 Å². The summed E-state index contributed by atoms with van der Waals surface area (Å²) in [6.45, 7) is 9.94. The fourth-order valence-electron chi connectivity index (χ4n) is 5.35. The van der Waals surface area contributed by atoms with Crippen molar-refractivity contribution in [2.24, 2.45) is 28.6 Å². The normalized spacial score (nSPS) is 51.5. The fourth-order valence-corrected chi connectivity index (χ4v) is 5.35. The Balaban J connectivity index is 2.11. The van der Waals surface area contributed by atoms with Crippen LogP contribution in [0, 0.1) is 28.6 Å². The lowest BCUT2D eigenvalue weighted by molar-refractivity contribution is 0.128. The van der Waals surface area contributed by atoms with Gasteiger partial charge in [-0.05, 0) is 61.2 Å². The van der Waals surface area contributed by atoms with Crippen LogP contribution < -0.4 is 0 Å². The van der Waals surface area contributed by atoms with E-state index in [4.69, 9.17) is 0 Å². The SMILES string of the molecule is CC1=CC[C@@]23C[C@H]1C(C)(C)C2CC[C@H]3C. The van der Waals surface area contributed by atoms with Crippen molar-refractivity contribution in [1.82, 2.24) is 0 Å². The molecular formula is C15H24. The molecule has 15 heavy (non-hydrogen) atoms. The molecule has 1 unspecified atom stereocenters. The Bertz CT molecular complexity index is 323. The van der Waals surface area contributed by atoms with Crippen molar-refractivity contribution in [3.8, 4) is 0 Å². The molecule has 0 heteroatoms. The maximum atomic E-state index is 2.57. The average molecular weight is 204 g/mol.